The molecular weight excluding hydrogens is 272 g/mol. The molecular formula is C11H16N2O5S. The van der Waals surface area contributed by atoms with Crippen molar-refractivity contribution in [3.05, 3.63) is 11.8 Å². The number of ether oxygens (including phenoxy) is 1. The van der Waals surface area contributed by atoms with E-state index in [9.17, 15) is 13.2 Å². The van der Waals surface area contributed by atoms with Gasteiger partial charge in [-0.25, -0.2) is 8.42 Å². The van der Waals surface area contributed by atoms with Gasteiger partial charge in [-0.2, -0.15) is 0 Å². The average Bonchev–Trinajstić information content (AvgIpc) is 2.97. The summed E-state index contributed by atoms with van der Waals surface area (Å²) in [4.78, 5) is 11.6. The fourth-order valence-corrected chi connectivity index (χ4v) is 4.03. The molecule has 1 N–H and O–H groups in total. The third kappa shape index (κ3) is 2.89. The second-order valence-corrected chi connectivity index (χ2v) is 6.48. The molecule has 1 aliphatic rings. The van der Waals surface area contributed by atoms with Crippen molar-refractivity contribution in [3.8, 4) is 0 Å². The summed E-state index contributed by atoms with van der Waals surface area (Å²) in [6.45, 7) is 1.69. The number of anilines is 1. The van der Waals surface area contributed by atoms with Gasteiger partial charge in [0.1, 0.15) is 0 Å². The molecule has 1 heterocycles. The van der Waals surface area contributed by atoms with Crippen molar-refractivity contribution in [2.75, 3.05) is 11.8 Å². The zero-order valence-corrected chi connectivity index (χ0v) is 11.6. The molecule has 1 saturated carbocycles. The summed E-state index contributed by atoms with van der Waals surface area (Å²) in [5.41, 5.74) is 0.577. The van der Waals surface area contributed by atoms with E-state index in [-0.39, 0.29) is 5.88 Å². The van der Waals surface area contributed by atoms with Crippen LogP contribution in [0.3, 0.4) is 0 Å². The van der Waals surface area contributed by atoms with E-state index >= 15 is 0 Å². The number of carbonyl (C=O) groups is 1. The lowest BCUT2D eigenvalue weighted by Gasteiger charge is -2.17. The molecule has 0 bridgehead atoms. The monoisotopic (exact) mass is 288 g/mol. The molecule has 106 valence electrons. The van der Waals surface area contributed by atoms with Crippen molar-refractivity contribution in [2.24, 2.45) is 5.92 Å². The Labute approximate surface area is 111 Å². The molecule has 8 heteroatoms. The molecule has 19 heavy (non-hydrogen) atoms. The second-order valence-electron chi connectivity index (χ2n) is 4.58. The normalized spacial score (nSPS) is 23.3. The molecule has 1 aromatic heterocycles. The Bertz CT molecular complexity index is 565. The third-order valence-corrected chi connectivity index (χ3v) is 5.07. The predicted octanol–water partition coefficient (Wildman–Crippen LogP) is 1.07. The largest absolute Gasteiger partial charge is 0.469 e. The molecule has 1 fully saturated rings. The molecule has 0 spiro atoms. The number of hydrogen-bond donors (Lipinski definition) is 1. The summed E-state index contributed by atoms with van der Waals surface area (Å²) in [7, 11) is -2.43. The number of aryl methyl sites for hydroxylation is 1. The first kappa shape index (κ1) is 13.9. The molecule has 7 nitrogen and oxygen atoms in total. The smallest absolute Gasteiger partial charge is 0.310 e. The van der Waals surface area contributed by atoms with Crippen LogP contribution in [0.25, 0.3) is 0 Å². The molecule has 0 saturated heterocycles. The van der Waals surface area contributed by atoms with Crippen molar-refractivity contribution in [2.45, 2.75) is 31.4 Å². The van der Waals surface area contributed by atoms with E-state index in [2.05, 4.69) is 14.6 Å². The number of aromatic nitrogens is 1. The summed E-state index contributed by atoms with van der Waals surface area (Å²) < 4.78 is 36.3. The van der Waals surface area contributed by atoms with E-state index in [1.165, 1.54) is 13.2 Å². The van der Waals surface area contributed by atoms with Gasteiger partial charge in [-0.3, -0.25) is 9.52 Å². The molecule has 2 rings (SSSR count). The molecule has 0 radical (unpaired) electrons. The maximum Gasteiger partial charge on any atom is 0.310 e. The highest BCUT2D eigenvalue weighted by molar-refractivity contribution is 7.93. The summed E-state index contributed by atoms with van der Waals surface area (Å²) >= 11 is 0. The zero-order chi connectivity index (χ0) is 14.0. The van der Waals surface area contributed by atoms with Crippen LogP contribution in [0.1, 0.15) is 25.0 Å². The standard InChI is InChI=1S/C11H16N2O5S/c1-7-6-10(18-12-7)13-19(15,16)9-5-3-4-8(9)11(14)17-2/h6,8-9,13H,3-5H2,1-2H3. The van der Waals surface area contributed by atoms with Crippen molar-refractivity contribution < 1.29 is 22.5 Å². The Hall–Kier alpha value is -1.57. The van der Waals surface area contributed by atoms with Crippen LogP contribution in [-0.2, 0) is 19.6 Å². The van der Waals surface area contributed by atoms with E-state index in [0.717, 1.165) is 0 Å². The van der Waals surface area contributed by atoms with Crippen molar-refractivity contribution in [3.63, 3.8) is 0 Å². The number of carbonyl (C=O) groups excluding carboxylic acids is 1. The highest BCUT2D eigenvalue weighted by atomic mass is 32.2. The van der Waals surface area contributed by atoms with Crippen LogP contribution in [0.2, 0.25) is 0 Å². The Morgan fingerprint density at radius 1 is 1.53 bits per heavy atom. The van der Waals surface area contributed by atoms with Crippen molar-refractivity contribution >= 4 is 21.9 Å². The van der Waals surface area contributed by atoms with Gasteiger partial charge in [0.25, 0.3) is 0 Å². The van der Waals surface area contributed by atoms with Crippen LogP contribution in [0, 0.1) is 12.8 Å². The first-order valence-electron chi connectivity index (χ1n) is 5.97. The van der Waals surface area contributed by atoms with Crippen molar-refractivity contribution in [1.82, 2.24) is 5.16 Å². The molecule has 1 aliphatic carbocycles. The van der Waals surface area contributed by atoms with Gasteiger partial charge in [0.05, 0.1) is 24.0 Å². The molecule has 2 unspecified atom stereocenters. The molecule has 0 aromatic carbocycles. The quantitative estimate of drug-likeness (QED) is 0.832. The van der Waals surface area contributed by atoms with Gasteiger partial charge in [-0.1, -0.05) is 11.6 Å². The third-order valence-electron chi connectivity index (χ3n) is 3.23. The van der Waals surface area contributed by atoms with Crippen molar-refractivity contribution in [1.29, 1.82) is 0 Å². The second kappa shape index (κ2) is 5.20. The van der Waals surface area contributed by atoms with Gasteiger partial charge in [0.2, 0.25) is 15.9 Å². The highest BCUT2D eigenvalue weighted by Gasteiger charge is 2.42. The minimum Gasteiger partial charge on any atom is -0.469 e. The number of hydrogen-bond acceptors (Lipinski definition) is 6. The van der Waals surface area contributed by atoms with Gasteiger partial charge >= 0.3 is 5.97 Å². The van der Waals surface area contributed by atoms with Gasteiger partial charge < -0.3 is 9.26 Å². The number of esters is 1. The maximum atomic E-state index is 12.2. The fourth-order valence-electron chi connectivity index (χ4n) is 2.35. The van der Waals surface area contributed by atoms with Gasteiger partial charge in [0.15, 0.2) is 0 Å². The van der Waals surface area contributed by atoms with Crippen LogP contribution in [0.15, 0.2) is 10.6 Å². The lowest BCUT2D eigenvalue weighted by atomic mass is 10.1. The number of rotatable bonds is 4. The first-order valence-corrected chi connectivity index (χ1v) is 7.51. The zero-order valence-electron chi connectivity index (χ0n) is 10.8. The van der Waals surface area contributed by atoms with Gasteiger partial charge in [0, 0.05) is 6.07 Å². The minimum atomic E-state index is -3.69. The first-order chi connectivity index (χ1) is 8.94. The predicted molar refractivity (Wildman–Crippen MR) is 66.9 cm³/mol. The SMILES string of the molecule is COC(=O)C1CCCC1S(=O)(=O)Nc1cc(C)no1. The highest BCUT2D eigenvalue weighted by Crippen LogP contribution is 2.33. The minimum absolute atomic E-state index is 0.0630. The molecule has 2 atom stereocenters. The van der Waals surface area contributed by atoms with E-state index < -0.39 is 27.2 Å². The van der Waals surface area contributed by atoms with Crippen LogP contribution in [-0.4, -0.2) is 31.9 Å². The fraction of sp³-hybridized carbons (Fsp3) is 0.636. The van der Waals surface area contributed by atoms with Gasteiger partial charge in [-0.05, 0) is 19.8 Å². The Kier molecular flexibility index (Phi) is 3.79. The lowest BCUT2D eigenvalue weighted by Crippen LogP contribution is -2.35. The Balaban J connectivity index is 2.17. The average molecular weight is 288 g/mol. The summed E-state index contributed by atoms with van der Waals surface area (Å²) in [5.74, 6) is -1.04. The Morgan fingerprint density at radius 2 is 2.26 bits per heavy atom. The topological polar surface area (TPSA) is 98.5 Å². The number of nitrogens with one attached hydrogen (secondary N) is 1. The van der Waals surface area contributed by atoms with E-state index in [1.54, 1.807) is 6.92 Å². The molecule has 0 amide bonds. The van der Waals surface area contributed by atoms with Gasteiger partial charge in [-0.15, -0.1) is 0 Å². The van der Waals surface area contributed by atoms with E-state index in [1.807, 2.05) is 0 Å². The van der Waals surface area contributed by atoms with E-state index in [0.29, 0.717) is 25.0 Å². The van der Waals surface area contributed by atoms with Crippen LogP contribution in [0.5, 0.6) is 0 Å². The van der Waals surface area contributed by atoms with Crippen LogP contribution in [0.4, 0.5) is 5.88 Å². The lowest BCUT2D eigenvalue weighted by molar-refractivity contribution is -0.145. The number of methoxy groups -OCH3 is 1. The maximum absolute atomic E-state index is 12.2. The number of nitrogens with zero attached hydrogens (tertiary/aromatic N) is 1. The van der Waals surface area contributed by atoms with Crippen LogP contribution >= 0.6 is 0 Å². The summed E-state index contributed by atoms with van der Waals surface area (Å²) in [6.07, 6.45) is 1.64. The van der Waals surface area contributed by atoms with Crippen LogP contribution < -0.4 is 4.72 Å². The Morgan fingerprint density at radius 3 is 2.84 bits per heavy atom. The molecule has 0 aliphatic heterocycles. The molecule has 1 aromatic rings. The summed E-state index contributed by atoms with van der Waals surface area (Å²) in [6, 6.07) is 1.49. The summed E-state index contributed by atoms with van der Waals surface area (Å²) in [5, 5.41) is 2.82. The number of sulfonamides is 1. The van der Waals surface area contributed by atoms with E-state index in [4.69, 9.17) is 4.52 Å².